The first kappa shape index (κ1) is 17.8. The van der Waals surface area contributed by atoms with Gasteiger partial charge in [-0.05, 0) is 36.4 Å². The summed E-state index contributed by atoms with van der Waals surface area (Å²) in [6, 6.07) is 20.0. The van der Waals surface area contributed by atoms with E-state index in [0.29, 0.717) is 16.1 Å². The third-order valence-electron chi connectivity index (χ3n) is 3.77. The monoisotopic (exact) mass is 368 g/mol. The van der Waals surface area contributed by atoms with Gasteiger partial charge >= 0.3 is 5.97 Å². The van der Waals surface area contributed by atoms with Crippen molar-refractivity contribution in [3.05, 3.63) is 106 Å². The summed E-state index contributed by atoms with van der Waals surface area (Å²) in [5, 5.41) is 0.504. The first-order chi connectivity index (χ1) is 12.5. The molecular weight excluding hydrogens is 355 g/mol. The summed E-state index contributed by atoms with van der Waals surface area (Å²) in [7, 11) is 0. The number of ketones is 1. The minimum atomic E-state index is -1.13. The Kier molecular flexibility index (Phi) is 5.44. The van der Waals surface area contributed by atoms with Gasteiger partial charge in [0.15, 0.2) is 6.10 Å². The zero-order valence-electron chi connectivity index (χ0n) is 13.6. The van der Waals surface area contributed by atoms with Gasteiger partial charge in [0, 0.05) is 16.1 Å². The highest BCUT2D eigenvalue weighted by Gasteiger charge is 2.26. The van der Waals surface area contributed by atoms with Crippen LogP contribution in [0.5, 0.6) is 0 Å². The maximum absolute atomic E-state index is 13.0. The van der Waals surface area contributed by atoms with Crippen LogP contribution in [-0.4, -0.2) is 11.8 Å². The standard InChI is InChI=1S/C21H14ClFO3/c22-17-10-6-15(7-11-17)20(19(24)14-4-2-1-3-5-14)26-21(25)16-8-12-18(23)13-9-16/h1-13,20H. The van der Waals surface area contributed by atoms with Crippen LogP contribution in [0, 0.1) is 5.82 Å². The second kappa shape index (κ2) is 7.93. The minimum absolute atomic E-state index is 0.159. The first-order valence-electron chi connectivity index (χ1n) is 7.86. The Bertz CT molecular complexity index is 906. The number of rotatable bonds is 5. The fourth-order valence-electron chi connectivity index (χ4n) is 2.43. The van der Waals surface area contributed by atoms with E-state index in [9.17, 15) is 14.0 Å². The van der Waals surface area contributed by atoms with Crippen LogP contribution in [0.3, 0.4) is 0 Å². The van der Waals surface area contributed by atoms with Crippen molar-refractivity contribution < 1.29 is 18.7 Å². The molecule has 5 heteroatoms. The average molecular weight is 369 g/mol. The zero-order chi connectivity index (χ0) is 18.5. The molecule has 0 radical (unpaired) electrons. The molecule has 3 rings (SSSR count). The van der Waals surface area contributed by atoms with Gasteiger partial charge < -0.3 is 4.74 Å². The van der Waals surface area contributed by atoms with Crippen molar-refractivity contribution in [3.63, 3.8) is 0 Å². The van der Waals surface area contributed by atoms with Crippen LogP contribution < -0.4 is 0 Å². The van der Waals surface area contributed by atoms with Gasteiger partial charge in [0.1, 0.15) is 5.82 Å². The van der Waals surface area contributed by atoms with E-state index in [2.05, 4.69) is 0 Å². The minimum Gasteiger partial charge on any atom is -0.445 e. The second-order valence-electron chi connectivity index (χ2n) is 5.57. The van der Waals surface area contributed by atoms with Crippen molar-refractivity contribution in [2.75, 3.05) is 0 Å². The number of benzene rings is 3. The highest BCUT2D eigenvalue weighted by Crippen LogP contribution is 2.25. The Hall–Kier alpha value is -2.98. The smallest absolute Gasteiger partial charge is 0.339 e. The summed E-state index contributed by atoms with van der Waals surface area (Å²) in [4.78, 5) is 25.3. The predicted octanol–water partition coefficient (Wildman–Crippen LogP) is 5.26. The van der Waals surface area contributed by atoms with Crippen molar-refractivity contribution in [2.45, 2.75) is 6.10 Å². The van der Waals surface area contributed by atoms with Gasteiger partial charge in [0.05, 0.1) is 5.56 Å². The van der Waals surface area contributed by atoms with Gasteiger partial charge in [-0.25, -0.2) is 9.18 Å². The first-order valence-corrected chi connectivity index (χ1v) is 8.23. The van der Waals surface area contributed by atoms with Crippen LogP contribution in [0.2, 0.25) is 5.02 Å². The molecule has 0 saturated carbocycles. The van der Waals surface area contributed by atoms with Gasteiger partial charge in [-0.15, -0.1) is 0 Å². The second-order valence-corrected chi connectivity index (χ2v) is 6.01. The van der Waals surface area contributed by atoms with E-state index in [-0.39, 0.29) is 11.3 Å². The lowest BCUT2D eigenvalue weighted by atomic mass is 9.99. The van der Waals surface area contributed by atoms with Crippen LogP contribution in [0.1, 0.15) is 32.4 Å². The van der Waals surface area contributed by atoms with E-state index < -0.39 is 17.9 Å². The molecule has 0 aromatic heterocycles. The molecule has 0 aliphatic heterocycles. The van der Waals surface area contributed by atoms with Crippen LogP contribution in [-0.2, 0) is 4.74 Å². The Balaban J connectivity index is 1.92. The van der Waals surface area contributed by atoms with Gasteiger partial charge in [-0.2, -0.15) is 0 Å². The van der Waals surface area contributed by atoms with Crippen LogP contribution in [0.15, 0.2) is 78.9 Å². The number of Topliss-reactive ketones (excluding diaryl/α,β-unsaturated/α-hetero) is 1. The molecule has 3 nitrogen and oxygen atoms in total. The molecule has 0 amide bonds. The normalized spacial score (nSPS) is 11.6. The predicted molar refractivity (Wildman–Crippen MR) is 96.8 cm³/mol. The molecule has 0 spiro atoms. The van der Waals surface area contributed by atoms with Crippen LogP contribution >= 0.6 is 11.6 Å². The average Bonchev–Trinajstić information content (AvgIpc) is 2.67. The van der Waals surface area contributed by atoms with E-state index in [1.165, 1.54) is 12.1 Å². The summed E-state index contributed by atoms with van der Waals surface area (Å²) in [6.45, 7) is 0. The molecule has 26 heavy (non-hydrogen) atoms. The molecular formula is C21H14ClFO3. The number of ether oxygens (including phenoxy) is 1. The molecule has 1 atom stereocenters. The summed E-state index contributed by atoms with van der Waals surface area (Å²) in [5.41, 5.74) is 1.07. The number of hydrogen-bond acceptors (Lipinski definition) is 3. The summed E-state index contributed by atoms with van der Waals surface area (Å²) in [6.07, 6.45) is -1.13. The third-order valence-corrected chi connectivity index (χ3v) is 4.03. The zero-order valence-corrected chi connectivity index (χ0v) is 14.3. The van der Waals surface area contributed by atoms with Gasteiger partial charge in [0.2, 0.25) is 5.78 Å². The maximum atomic E-state index is 13.0. The van der Waals surface area contributed by atoms with Crippen molar-refractivity contribution in [1.29, 1.82) is 0 Å². The Morgan fingerprint density at radius 1 is 0.808 bits per heavy atom. The Morgan fingerprint density at radius 3 is 2.04 bits per heavy atom. The highest BCUT2D eigenvalue weighted by atomic mass is 35.5. The van der Waals surface area contributed by atoms with E-state index in [1.807, 2.05) is 0 Å². The molecule has 1 unspecified atom stereocenters. The fraction of sp³-hybridized carbons (Fsp3) is 0.0476. The quantitative estimate of drug-likeness (QED) is 0.455. The lowest BCUT2D eigenvalue weighted by Crippen LogP contribution is -2.20. The molecule has 0 fully saturated rings. The van der Waals surface area contributed by atoms with Crippen molar-refractivity contribution in [3.8, 4) is 0 Å². The van der Waals surface area contributed by atoms with Crippen molar-refractivity contribution >= 4 is 23.4 Å². The summed E-state index contributed by atoms with van der Waals surface area (Å²) < 4.78 is 18.5. The van der Waals surface area contributed by atoms with Crippen LogP contribution in [0.4, 0.5) is 4.39 Å². The Labute approximate surface area is 155 Å². The lowest BCUT2D eigenvalue weighted by Gasteiger charge is -2.17. The molecule has 0 heterocycles. The van der Waals surface area contributed by atoms with Gasteiger partial charge in [-0.1, -0.05) is 54.1 Å². The number of esters is 1. The van der Waals surface area contributed by atoms with Crippen molar-refractivity contribution in [1.82, 2.24) is 0 Å². The number of carbonyl (C=O) groups is 2. The van der Waals surface area contributed by atoms with E-state index in [1.54, 1.807) is 54.6 Å². The van der Waals surface area contributed by atoms with Gasteiger partial charge in [0.25, 0.3) is 0 Å². The molecule has 0 aliphatic carbocycles. The molecule has 0 saturated heterocycles. The number of hydrogen-bond donors (Lipinski definition) is 0. The van der Waals surface area contributed by atoms with E-state index in [0.717, 1.165) is 12.1 Å². The summed E-state index contributed by atoms with van der Waals surface area (Å²) in [5.74, 6) is -1.53. The Morgan fingerprint density at radius 2 is 1.42 bits per heavy atom. The molecule has 3 aromatic carbocycles. The number of halogens is 2. The van der Waals surface area contributed by atoms with Crippen LogP contribution in [0.25, 0.3) is 0 Å². The number of carbonyl (C=O) groups excluding carboxylic acids is 2. The lowest BCUT2D eigenvalue weighted by molar-refractivity contribution is 0.0280. The summed E-state index contributed by atoms with van der Waals surface area (Å²) >= 11 is 5.90. The van der Waals surface area contributed by atoms with Gasteiger partial charge in [-0.3, -0.25) is 4.79 Å². The molecule has 3 aromatic rings. The molecule has 130 valence electrons. The fourth-order valence-corrected chi connectivity index (χ4v) is 2.55. The maximum Gasteiger partial charge on any atom is 0.339 e. The van der Waals surface area contributed by atoms with E-state index in [4.69, 9.17) is 16.3 Å². The SMILES string of the molecule is O=C(OC(C(=O)c1ccccc1)c1ccc(Cl)cc1)c1ccc(F)cc1. The third kappa shape index (κ3) is 4.16. The topological polar surface area (TPSA) is 43.4 Å². The molecule has 0 N–H and O–H groups in total. The van der Waals surface area contributed by atoms with Crippen molar-refractivity contribution in [2.24, 2.45) is 0 Å². The molecule has 0 aliphatic rings. The largest absolute Gasteiger partial charge is 0.445 e. The molecule has 0 bridgehead atoms. The highest BCUT2D eigenvalue weighted by molar-refractivity contribution is 6.30. The van der Waals surface area contributed by atoms with E-state index >= 15 is 0 Å².